The van der Waals surface area contributed by atoms with Crippen molar-refractivity contribution in [1.29, 1.82) is 5.26 Å². The number of nitrogens with zero attached hydrogens (tertiary/aromatic N) is 3. The van der Waals surface area contributed by atoms with Crippen LogP contribution in [0, 0.1) is 23.0 Å². The van der Waals surface area contributed by atoms with Crippen molar-refractivity contribution < 1.29 is 23.0 Å². The second kappa shape index (κ2) is 7.41. The zero-order valence-electron chi connectivity index (χ0n) is 15.7. The number of benzene rings is 1. The van der Waals surface area contributed by atoms with Gasteiger partial charge in [-0.25, -0.2) is 13.6 Å². The topological polar surface area (TPSA) is 65.8 Å². The third kappa shape index (κ3) is 4.37. The van der Waals surface area contributed by atoms with Gasteiger partial charge in [-0.3, -0.25) is 4.90 Å². The van der Waals surface area contributed by atoms with Crippen LogP contribution in [0.3, 0.4) is 0 Å². The first-order chi connectivity index (χ1) is 12.7. The highest BCUT2D eigenvalue weighted by Gasteiger charge is 2.37. The maximum atomic E-state index is 13.9. The van der Waals surface area contributed by atoms with Crippen LogP contribution < -0.4 is 0 Å². The zero-order valence-corrected chi connectivity index (χ0v) is 15.7. The Morgan fingerprint density at radius 2 is 1.93 bits per heavy atom. The third-order valence-electron chi connectivity index (χ3n) is 4.69. The predicted octanol–water partition coefficient (Wildman–Crippen LogP) is 2.83. The minimum atomic E-state index is -0.882. The Morgan fingerprint density at radius 1 is 1.26 bits per heavy atom. The first kappa shape index (κ1) is 19.5. The minimum absolute atomic E-state index is 0.00981. The maximum Gasteiger partial charge on any atom is 0.410 e. The Morgan fingerprint density at radius 3 is 2.52 bits per heavy atom. The van der Waals surface area contributed by atoms with Gasteiger partial charge in [-0.05, 0) is 38.5 Å². The fraction of sp³-hybridized carbons (Fsp3) is 0.579. The van der Waals surface area contributed by atoms with Gasteiger partial charge in [0.25, 0.3) is 0 Å². The molecule has 3 rings (SSSR count). The van der Waals surface area contributed by atoms with E-state index >= 15 is 0 Å². The number of ether oxygens (including phenoxy) is 2. The molecule has 2 aliphatic rings. The summed E-state index contributed by atoms with van der Waals surface area (Å²) in [4.78, 5) is 16.1. The van der Waals surface area contributed by atoms with Gasteiger partial charge in [0.1, 0.15) is 28.9 Å². The van der Waals surface area contributed by atoms with Gasteiger partial charge in [-0.15, -0.1) is 0 Å². The number of nitriles is 1. The van der Waals surface area contributed by atoms with Crippen LogP contribution in [0.1, 0.15) is 38.0 Å². The molecule has 146 valence electrons. The van der Waals surface area contributed by atoms with Crippen LogP contribution >= 0.6 is 0 Å². The number of morpholine rings is 1. The van der Waals surface area contributed by atoms with Crippen molar-refractivity contribution in [2.75, 3.05) is 32.8 Å². The highest BCUT2D eigenvalue weighted by Crippen LogP contribution is 2.29. The van der Waals surface area contributed by atoms with Crippen molar-refractivity contribution in [3.05, 3.63) is 34.9 Å². The summed E-state index contributed by atoms with van der Waals surface area (Å²) in [6, 6.07) is 3.84. The molecular weight excluding hydrogens is 356 g/mol. The lowest BCUT2D eigenvalue weighted by atomic mass is 10.0. The van der Waals surface area contributed by atoms with E-state index in [9.17, 15) is 13.6 Å². The van der Waals surface area contributed by atoms with Gasteiger partial charge in [0, 0.05) is 26.2 Å². The molecule has 1 aromatic rings. The van der Waals surface area contributed by atoms with Crippen molar-refractivity contribution in [2.45, 2.75) is 38.5 Å². The highest BCUT2D eigenvalue weighted by atomic mass is 19.1. The molecule has 0 N–H and O–H groups in total. The molecule has 1 amide bonds. The Bertz CT molecular complexity index is 749. The van der Waals surface area contributed by atoms with Gasteiger partial charge in [0.2, 0.25) is 0 Å². The van der Waals surface area contributed by atoms with Crippen molar-refractivity contribution in [2.24, 2.45) is 0 Å². The largest absolute Gasteiger partial charge is 0.444 e. The minimum Gasteiger partial charge on any atom is -0.444 e. The second-order valence-corrected chi connectivity index (χ2v) is 7.87. The molecule has 0 unspecified atom stereocenters. The van der Waals surface area contributed by atoms with Crippen molar-refractivity contribution >= 4 is 6.09 Å². The molecule has 2 fully saturated rings. The Hall–Kier alpha value is -2.24. The van der Waals surface area contributed by atoms with E-state index in [1.807, 2.05) is 20.8 Å². The number of fused-ring (bicyclic) bond motifs is 1. The number of hydrogen-bond donors (Lipinski definition) is 0. The fourth-order valence-corrected chi connectivity index (χ4v) is 3.36. The molecule has 2 atom stereocenters. The number of carbonyl (C=O) groups excluding carboxylic acids is 1. The van der Waals surface area contributed by atoms with E-state index in [0.29, 0.717) is 38.3 Å². The molecule has 0 saturated carbocycles. The SMILES string of the molecule is CC(C)(C)OC(=O)N1CCN2C[C@H](c3cc(F)c(C#N)c(F)c3)OC[C@@H]2C1. The van der Waals surface area contributed by atoms with E-state index in [2.05, 4.69) is 4.90 Å². The zero-order chi connectivity index (χ0) is 19.8. The predicted molar refractivity (Wildman–Crippen MR) is 92.9 cm³/mol. The molecule has 0 bridgehead atoms. The highest BCUT2D eigenvalue weighted by molar-refractivity contribution is 5.68. The second-order valence-electron chi connectivity index (χ2n) is 7.87. The van der Waals surface area contributed by atoms with Crippen LogP contribution in [-0.2, 0) is 9.47 Å². The van der Waals surface area contributed by atoms with Gasteiger partial charge in [0.05, 0.1) is 18.8 Å². The Balaban J connectivity index is 1.65. The van der Waals surface area contributed by atoms with Crippen LogP contribution in [0.25, 0.3) is 0 Å². The molecule has 0 radical (unpaired) electrons. The summed E-state index contributed by atoms with van der Waals surface area (Å²) in [5.74, 6) is -1.76. The molecule has 0 aromatic heterocycles. The number of halogens is 2. The van der Waals surface area contributed by atoms with Crippen molar-refractivity contribution in [3.63, 3.8) is 0 Å². The summed E-state index contributed by atoms with van der Waals surface area (Å²) < 4.78 is 39.0. The van der Waals surface area contributed by atoms with E-state index in [-0.39, 0.29) is 12.1 Å². The van der Waals surface area contributed by atoms with E-state index in [1.165, 1.54) is 6.07 Å². The molecule has 2 aliphatic heterocycles. The Kier molecular flexibility index (Phi) is 5.36. The summed E-state index contributed by atoms with van der Waals surface area (Å²) in [6.45, 7) is 7.92. The Labute approximate surface area is 157 Å². The number of rotatable bonds is 1. The molecule has 2 saturated heterocycles. The molecule has 2 heterocycles. The first-order valence-corrected chi connectivity index (χ1v) is 8.90. The van der Waals surface area contributed by atoms with Gasteiger partial charge < -0.3 is 14.4 Å². The summed E-state index contributed by atoms with van der Waals surface area (Å²) >= 11 is 0. The lowest BCUT2D eigenvalue weighted by molar-refractivity contribution is -0.0907. The molecule has 0 spiro atoms. The van der Waals surface area contributed by atoms with Crippen LogP contribution in [0.5, 0.6) is 0 Å². The standard InChI is InChI=1S/C19H23F2N3O3/c1-19(2,3)27-18(25)24-5-4-23-10-17(26-11-13(23)9-24)12-6-15(20)14(8-22)16(21)7-12/h6-7,13,17H,4-5,9-11H2,1-3H3/t13-,17+/m0/s1. The fourth-order valence-electron chi connectivity index (χ4n) is 3.36. The normalized spacial score (nSPS) is 23.5. The van der Waals surface area contributed by atoms with Crippen LogP contribution in [0.4, 0.5) is 13.6 Å². The lowest BCUT2D eigenvalue weighted by Crippen LogP contribution is -2.60. The van der Waals surface area contributed by atoms with Gasteiger partial charge in [-0.1, -0.05) is 0 Å². The molecule has 6 nitrogen and oxygen atoms in total. The smallest absolute Gasteiger partial charge is 0.410 e. The summed E-state index contributed by atoms with van der Waals surface area (Å²) in [7, 11) is 0. The molecule has 27 heavy (non-hydrogen) atoms. The number of piperazine rings is 1. The van der Waals surface area contributed by atoms with Crippen LogP contribution in [-0.4, -0.2) is 60.3 Å². The summed E-state index contributed by atoms with van der Waals surface area (Å²) in [6.07, 6.45) is -0.827. The summed E-state index contributed by atoms with van der Waals surface area (Å²) in [5.41, 5.74) is -0.762. The van der Waals surface area contributed by atoms with Crippen LogP contribution in [0.2, 0.25) is 0 Å². The number of carbonyl (C=O) groups is 1. The van der Waals surface area contributed by atoms with Gasteiger partial charge in [-0.2, -0.15) is 5.26 Å². The maximum absolute atomic E-state index is 13.9. The van der Waals surface area contributed by atoms with Gasteiger partial charge >= 0.3 is 6.09 Å². The van der Waals surface area contributed by atoms with Crippen LogP contribution in [0.15, 0.2) is 12.1 Å². The number of hydrogen-bond acceptors (Lipinski definition) is 5. The van der Waals surface area contributed by atoms with Gasteiger partial charge in [0.15, 0.2) is 0 Å². The average molecular weight is 379 g/mol. The molecule has 8 heteroatoms. The monoisotopic (exact) mass is 379 g/mol. The number of amides is 1. The van der Waals surface area contributed by atoms with E-state index in [0.717, 1.165) is 12.1 Å². The summed E-state index contributed by atoms with van der Waals surface area (Å²) in [5, 5.41) is 8.78. The van der Waals surface area contributed by atoms with Crippen molar-refractivity contribution in [1.82, 2.24) is 9.80 Å². The molecule has 1 aromatic carbocycles. The lowest BCUT2D eigenvalue weighted by Gasteiger charge is -2.46. The van der Waals surface area contributed by atoms with E-state index in [4.69, 9.17) is 14.7 Å². The molecular formula is C19H23F2N3O3. The molecule has 0 aliphatic carbocycles. The van der Waals surface area contributed by atoms with Crippen molar-refractivity contribution in [3.8, 4) is 6.07 Å². The first-order valence-electron chi connectivity index (χ1n) is 8.90. The van der Waals surface area contributed by atoms with E-state index < -0.39 is 28.9 Å². The third-order valence-corrected chi connectivity index (χ3v) is 4.69. The quantitative estimate of drug-likeness (QED) is 0.751. The van der Waals surface area contributed by atoms with E-state index in [1.54, 1.807) is 4.90 Å². The average Bonchev–Trinajstić information content (AvgIpc) is 2.59.